The number of carbonyl (C=O) groups is 1. The van der Waals surface area contributed by atoms with E-state index < -0.39 is 14.9 Å². The molecule has 32 heavy (non-hydrogen) atoms. The van der Waals surface area contributed by atoms with Crippen molar-refractivity contribution in [2.75, 3.05) is 32.1 Å². The van der Waals surface area contributed by atoms with Crippen molar-refractivity contribution in [1.29, 1.82) is 0 Å². The average molecular weight is 461 g/mol. The van der Waals surface area contributed by atoms with Gasteiger partial charge in [-0.1, -0.05) is 19.1 Å². The Bertz CT molecular complexity index is 1100. The van der Waals surface area contributed by atoms with Crippen molar-refractivity contribution in [1.82, 2.24) is 9.62 Å². The highest BCUT2D eigenvalue weighted by atomic mass is 32.2. The van der Waals surface area contributed by atoms with Crippen LogP contribution in [0.15, 0.2) is 47.4 Å². The smallest absolute Gasteiger partial charge is 0.293 e. The molecule has 1 amide bonds. The minimum Gasteiger partial charge on any atom is -0.365 e. The number of nitrogens with zero attached hydrogens (tertiary/aromatic N) is 3. The van der Waals surface area contributed by atoms with E-state index in [1.54, 1.807) is 43.3 Å². The molecule has 0 aliphatic carbocycles. The van der Waals surface area contributed by atoms with Gasteiger partial charge in [0.1, 0.15) is 5.69 Å². The molecule has 1 aliphatic rings. The van der Waals surface area contributed by atoms with Gasteiger partial charge in [-0.2, -0.15) is 4.31 Å². The second kappa shape index (κ2) is 9.66. The number of carbonyl (C=O) groups excluding carboxylic acids is 1. The Kier molecular flexibility index (Phi) is 7.15. The van der Waals surface area contributed by atoms with Crippen LogP contribution in [0.1, 0.15) is 35.7 Å². The molecule has 1 atom stereocenters. The van der Waals surface area contributed by atoms with E-state index in [0.717, 1.165) is 24.5 Å². The van der Waals surface area contributed by atoms with Crippen LogP contribution < -0.4 is 10.2 Å². The zero-order valence-corrected chi connectivity index (χ0v) is 19.3. The summed E-state index contributed by atoms with van der Waals surface area (Å²) in [4.78, 5) is 24.5. The predicted molar refractivity (Wildman–Crippen MR) is 122 cm³/mol. The SMILES string of the molecule is CNC(=O)c1ccc(CN(C)c2ccc(S(=O)(=O)N3CCCC(C)C3)cc2[N+](=O)[O-])cc1. The molecule has 1 N–H and O–H groups in total. The van der Waals surface area contributed by atoms with E-state index in [1.807, 2.05) is 6.92 Å². The van der Waals surface area contributed by atoms with Gasteiger partial charge >= 0.3 is 0 Å². The van der Waals surface area contributed by atoms with Crippen LogP contribution in [-0.2, 0) is 16.6 Å². The summed E-state index contributed by atoms with van der Waals surface area (Å²) < 4.78 is 27.5. The van der Waals surface area contributed by atoms with E-state index in [9.17, 15) is 23.3 Å². The summed E-state index contributed by atoms with van der Waals surface area (Å²) in [5.41, 5.74) is 1.43. The second-order valence-electron chi connectivity index (χ2n) is 8.15. The molecule has 2 aromatic carbocycles. The number of hydrogen-bond acceptors (Lipinski definition) is 6. The fourth-order valence-electron chi connectivity index (χ4n) is 3.91. The van der Waals surface area contributed by atoms with Crippen LogP contribution in [0.25, 0.3) is 0 Å². The molecule has 1 saturated heterocycles. The number of benzene rings is 2. The molecule has 1 aliphatic heterocycles. The number of rotatable bonds is 7. The maximum atomic E-state index is 13.0. The number of hydrogen-bond donors (Lipinski definition) is 1. The van der Waals surface area contributed by atoms with Gasteiger partial charge in [-0.05, 0) is 48.6 Å². The van der Waals surface area contributed by atoms with Gasteiger partial charge in [0.2, 0.25) is 10.0 Å². The highest BCUT2D eigenvalue weighted by molar-refractivity contribution is 7.89. The van der Waals surface area contributed by atoms with E-state index in [4.69, 9.17) is 0 Å². The molecule has 0 bridgehead atoms. The van der Waals surface area contributed by atoms with Gasteiger partial charge in [0.15, 0.2) is 0 Å². The zero-order valence-electron chi connectivity index (χ0n) is 18.4. The number of nitrogens with one attached hydrogen (secondary N) is 1. The Morgan fingerprint density at radius 3 is 2.53 bits per heavy atom. The van der Waals surface area contributed by atoms with E-state index in [0.29, 0.717) is 30.9 Å². The van der Waals surface area contributed by atoms with Crippen molar-refractivity contribution in [2.45, 2.75) is 31.2 Å². The molecule has 1 heterocycles. The first-order chi connectivity index (χ1) is 15.1. The van der Waals surface area contributed by atoms with Gasteiger partial charge in [0.05, 0.1) is 9.82 Å². The van der Waals surface area contributed by atoms with Crippen molar-refractivity contribution in [3.63, 3.8) is 0 Å². The van der Waals surface area contributed by atoms with Gasteiger partial charge in [-0.3, -0.25) is 14.9 Å². The van der Waals surface area contributed by atoms with Gasteiger partial charge in [-0.15, -0.1) is 0 Å². The lowest BCUT2D eigenvalue weighted by Crippen LogP contribution is -2.39. The van der Waals surface area contributed by atoms with E-state index >= 15 is 0 Å². The molecule has 9 nitrogen and oxygen atoms in total. The molecule has 1 fully saturated rings. The predicted octanol–water partition coefficient (Wildman–Crippen LogP) is 3.01. The molecule has 0 spiro atoms. The average Bonchev–Trinajstić information content (AvgIpc) is 2.78. The summed E-state index contributed by atoms with van der Waals surface area (Å²) in [5.74, 6) is 0.0640. The molecule has 0 saturated carbocycles. The topological polar surface area (TPSA) is 113 Å². The lowest BCUT2D eigenvalue weighted by Gasteiger charge is -2.30. The lowest BCUT2D eigenvalue weighted by molar-refractivity contribution is -0.384. The number of piperidine rings is 1. The highest BCUT2D eigenvalue weighted by Gasteiger charge is 2.31. The van der Waals surface area contributed by atoms with Crippen LogP contribution in [-0.4, -0.2) is 50.7 Å². The normalized spacial score (nSPS) is 17.0. The maximum absolute atomic E-state index is 13.0. The van der Waals surface area contributed by atoms with Gasteiger partial charge in [0, 0.05) is 45.4 Å². The summed E-state index contributed by atoms with van der Waals surface area (Å²) in [6, 6.07) is 11.0. The molecule has 10 heteroatoms. The fraction of sp³-hybridized carbons (Fsp3) is 0.409. The lowest BCUT2D eigenvalue weighted by atomic mass is 10.0. The Labute approximate surface area is 188 Å². The van der Waals surface area contributed by atoms with Crippen molar-refractivity contribution in [2.24, 2.45) is 5.92 Å². The molecular formula is C22H28N4O5S. The minimum absolute atomic E-state index is 0.0645. The van der Waals surface area contributed by atoms with Crippen LogP contribution in [0, 0.1) is 16.0 Å². The van der Waals surface area contributed by atoms with E-state index in [1.165, 1.54) is 16.4 Å². The monoisotopic (exact) mass is 460 g/mol. The summed E-state index contributed by atoms with van der Waals surface area (Å²) in [5, 5.41) is 14.3. The summed E-state index contributed by atoms with van der Waals surface area (Å²) >= 11 is 0. The fourth-order valence-corrected chi connectivity index (χ4v) is 5.53. The van der Waals surface area contributed by atoms with Crippen LogP contribution in [0.5, 0.6) is 0 Å². The quantitative estimate of drug-likeness (QED) is 0.502. The Morgan fingerprint density at radius 1 is 1.25 bits per heavy atom. The second-order valence-corrected chi connectivity index (χ2v) is 10.1. The van der Waals surface area contributed by atoms with E-state index in [2.05, 4.69) is 5.32 Å². The molecule has 0 radical (unpaired) electrons. The first kappa shape index (κ1) is 23.7. The summed E-state index contributed by atoms with van der Waals surface area (Å²) in [6.07, 6.45) is 1.75. The van der Waals surface area contributed by atoms with Crippen LogP contribution in [0.4, 0.5) is 11.4 Å². The third-order valence-electron chi connectivity index (χ3n) is 5.68. The zero-order chi connectivity index (χ0) is 23.5. The van der Waals surface area contributed by atoms with Crippen LogP contribution >= 0.6 is 0 Å². The standard InChI is InChI=1S/C22H28N4O5S/c1-16-5-4-12-25(14-16)32(30,31)19-10-11-20(21(13-19)26(28)29)24(3)15-17-6-8-18(9-7-17)22(27)23-2/h6-11,13,16H,4-5,12,14-15H2,1-3H3,(H,23,27). The molecule has 1 unspecified atom stereocenters. The van der Waals surface area contributed by atoms with Crippen molar-refractivity contribution in [3.05, 3.63) is 63.7 Å². The Balaban J connectivity index is 1.85. The molecule has 3 rings (SSSR count). The molecule has 2 aromatic rings. The van der Waals surface area contributed by atoms with Gasteiger partial charge in [-0.25, -0.2) is 8.42 Å². The number of nitro groups is 1. The Morgan fingerprint density at radius 2 is 1.94 bits per heavy atom. The first-order valence-electron chi connectivity index (χ1n) is 10.4. The maximum Gasteiger partial charge on any atom is 0.293 e. The van der Waals surface area contributed by atoms with Crippen molar-refractivity contribution in [3.8, 4) is 0 Å². The van der Waals surface area contributed by atoms with Crippen molar-refractivity contribution < 1.29 is 18.1 Å². The van der Waals surface area contributed by atoms with Crippen LogP contribution in [0.2, 0.25) is 0 Å². The molecule has 0 aromatic heterocycles. The van der Waals surface area contributed by atoms with Gasteiger partial charge < -0.3 is 10.2 Å². The number of sulfonamides is 1. The minimum atomic E-state index is -3.80. The number of amides is 1. The third kappa shape index (κ3) is 5.08. The summed E-state index contributed by atoms with van der Waals surface area (Å²) in [7, 11) is -0.537. The number of anilines is 1. The van der Waals surface area contributed by atoms with Gasteiger partial charge in [0.25, 0.3) is 11.6 Å². The third-order valence-corrected chi connectivity index (χ3v) is 7.54. The molecule has 172 valence electrons. The summed E-state index contributed by atoms with van der Waals surface area (Å²) in [6.45, 7) is 3.20. The Hall–Kier alpha value is -2.98. The van der Waals surface area contributed by atoms with Crippen LogP contribution in [0.3, 0.4) is 0 Å². The van der Waals surface area contributed by atoms with E-state index in [-0.39, 0.29) is 22.4 Å². The largest absolute Gasteiger partial charge is 0.365 e. The molecular weight excluding hydrogens is 432 g/mol. The van der Waals surface area contributed by atoms with Crippen molar-refractivity contribution >= 4 is 27.3 Å². The first-order valence-corrected chi connectivity index (χ1v) is 11.9. The highest BCUT2D eigenvalue weighted by Crippen LogP contribution is 2.33. The number of nitro benzene ring substituents is 1.